The van der Waals surface area contributed by atoms with Crippen LogP contribution in [0.4, 0.5) is 0 Å². The van der Waals surface area contributed by atoms with Gasteiger partial charge < -0.3 is 25.6 Å². The van der Waals surface area contributed by atoms with E-state index >= 15 is 0 Å². The maximum absolute atomic E-state index is 9.66. The van der Waals surface area contributed by atoms with Gasteiger partial charge in [-0.05, 0) is 31.8 Å². The molecule has 1 saturated heterocycles. The number of phenolic OH excluding ortho intramolecular Hbond substituents is 1. The van der Waals surface area contributed by atoms with Crippen molar-refractivity contribution >= 4 is 0 Å². The van der Waals surface area contributed by atoms with Crippen LogP contribution in [-0.2, 0) is 0 Å². The topological polar surface area (TPSA) is 76.7 Å². The van der Waals surface area contributed by atoms with Crippen molar-refractivity contribution in [3.8, 4) is 17.2 Å². The molecule has 0 aliphatic carbocycles. The van der Waals surface area contributed by atoms with Crippen molar-refractivity contribution in [3.63, 3.8) is 0 Å². The van der Waals surface area contributed by atoms with E-state index < -0.39 is 0 Å². The van der Waals surface area contributed by atoms with E-state index in [4.69, 9.17) is 15.2 Å². The third-order valence-corrected chi connectivity index (χ3v) is 3.75. The van der Waals surface area contributed by atoms with Gasteiger partial charge in [0.05, 0.1) is 19.8 Å². The molecule has 4 N–H and O–H groups in total. The summed E-state index contributed by atoms with van der Waals surface area (Å²) < 4.78 is 10.7. The van der Waals surface area contributed by atoms with Gasteiger partial charge in [0.15, 0.2) is 0 Å². The van der Waals surface area contributed by atoms with Crippen LogP contribution in [0.5, 0.6) is 17.2 Å². The summed E-state index contributed by atoms with van der Waals surface area (Å²) in [6.07, 6.45) is 2.07. The lowest BCUT2D eigenvalue weighted by atomic mass is 9.85. The number of piperidine rings is 1. The van der Waals surface area contributed by atoms with E-state index in [0.717, 1.165) is 31.5 Å². The lowest BCUT2D eigenvalue weighted by Crippen LogP contribution is -2.34. The summed E-state index contributed by atoms with van der Waals surface area (Å²) in [5.41, 5.74) is 7.25. The molecule has 0 radical (unpaired) electrons. The quantitative estimate of drug-likeness (QED) is 0.768. The van der Waals surface area contributed by atoms with Crippen molar-refractivity contribution in [1.82, 2.24) is 5.32 Å². The van der Waals surface area contributed by atoms with E-state index in [1.807, 2.05) is 0 Å². The standard InChI is InChI=1S/C14H22N2O3/c1-18-11-7-10(17)8-12(19-2)13(11)14(15)9-3-5-16-6-4-9/h7-9,14,16-17H,3-6,15H2,1-2H3/t14-/m1/s1. The van der Waals surface area contributed by atoms with Crippen LogP contribution >= 0.6 is 0 Å². The van der Waals surface area contributed by atoms with Crippen molar-refractivity contribution in [1.29, 1.82) is 0 Å². The Bertz CT molecular complexity index is 406. The third kappa shape index (κ3) is 2.93. The van der Waals surface area contributed by atoms with Crippen molar-refractivity contribution < 1.29 is 14.6 Å². The summed E-state index contributed by atoms with van der Waals surface area (Å²) in [7, 11) is 3.15. The molecule has 0 unspecified atom stereocenters. The fraction of sp³-hybridized carbons (Fsp3) is 0.571. The Labute approximate surface area is 113 Å². The van der Waals surface area contributed by atoms with Gasteiger partial charge in [0.1, 0.15) is 17.2 Å². The largest absolute Gasteiger partial charge is 0.508 e. The molecule has 1 aromatic rings. The van der Waals surface area contributed by atoms with E-state index in [9.17, 15) is 5.11 Å². The summed E-state index contributed by atoms with van der Waals surface area (Å²) >= 11 is 0. The summed E-state index contributed by atoms with van der Waals surface area (Å²) in [6.45, 7) is 1.97. The fourth-order valence-corrected chi connectivity index (χ4v) is 2.69. The highest BCUT2D eigenvalue weighted by molar-refractivity contribution is 5.52. The van der Waals surface area contributed by atoms with E-state index in [1.165, 1.54) is 0 Å². The number of nitrogens with two attached hydrogens (primary N) is 1. The van der Waals surface area contributed by atoms with Gasteiger partial charge in [-0.1, -0.05) is 0 Å². The molecule has 5 nitrogen and oxygen atoms in total. The van der Waals surface area contributed by atoms with Crippen molar-refractivity contribution in [3.05, 3.63) is 17.7 Å². The Balaban J connectivity index is 2.35. The molecule has 1 aliphatic rings. The number of nitrogens with one attached hydrogen (secondary N) is 1. The molecule has 2 rings (SSSR count). The molecule has 1 fully saturated rings. The van der Waals surface area contributed by atoms with Crippen LogP contribution in [0.25, 0.3) is 0 Å². The fourth-order valence-electron chi connectivity index (χ4n) is 2.69. The second-order valence-corrected chi connectivity index (χ2v) is 4.88. The SMILES string of the molecule is COc1cc(O)cc(OC)c1[C@H](N)C1CCNCC1. The second-order valence-electron chi connectivity index (χ2n) is 4.88. The van der Waals surface area contributed by atoms with Gasteiger partial charge in [0, 0.05) is 18.2 Å². The summed E-state index contributed by atoms with van der Waals surface area (Å²) in [5, 5.41) is 13.0. The molecular weight excluding hydrogens is 244 g/mol. The lowest BCUT2D eigenvalue weighted by Gasteiger charge is -2.30. The maximum atomic E-state index is 9.66. The van der Waals surface area contributed by atoms with E-state index in [2.05, 4.69) is 5.32 Å². The van der Waals surface area contributed by atoms with E-state index in [1.54, 1.807) is 26.4 Å². The number of benzene rings is 1. The van der Waals surface area contributed by atoms with Crippen LogP contribution in [0, 0.1) is 5.92 Å². The number of hydrogen-bond acceptors (Lipinski definition) is 5. The van der Waals surface area contributed by atoms with Gasteiger partial charge in [0.2, 0.25) is 0 Å². The molecule has 1 aliphatic heterocycles. The highest BCUT2D eigenvalue weighted by atomic mass is 16.5. The lowest BCUT2D eigenvalue weighted by molar-refractivity contribution is 0.302. The summed E-state index contributed by atoms with van der Waals surface area (Å²) in [4.78, 5) is 0. The van der Waals surface area contributed by atoms with Crippen LogP contribution < -0.4 is 20.5 Å². The normalized spacial score (nSPS) is 18.1. The van der Waals surface area contributed by atoms with Crippen LogP contribution in [0.2, 0.25) is 0 Å². The molecule has 0 saturated carbocycles. The van der Waals surface area contributed by atoms with Crippen LogP contribution in [-0.4, -0.2) is 32.4 Å². The molecule has 0 bridgehead atoms. The molecule has 5 heteroatoms. The first-order valence-corrected chi connectivity index (χ1v) is 6.58. The first-order chi connectivity index (χ1) is 9.17. The number of ether oxygens (including phenoxy) is 2. The first kappa shape index (κ1) is 14.0. The van der Waals surface area contributed by atoms with Crippen LogP contribution in [0.1, 0.15) is 24.4 Å². The summed E-state index contributed by atoms with van der Waals surface area (Å²) in [6, 6.07) is 3.02. The number of phenols is 1. The molecule has 106 valence electrons. The zero-order valence-corrected chi connectivity index (χ0v) is 11.5. The number of hydrogen-bond donors (Lipinski definition) is 3. The first-order valence-electron chi connectivity index (χ1n) is 6.58. The number of methoxy groups -OCH3 is 2. The minimum atomic E-state index is -0.146. The van der Waals surface area contributed by atoms with Gasteiger partial charge in [-0.25, -0.2) is 0 Å². The molecule has 0 spiro atoms. The Hall–Kier alpha value is -1.46. The van der Waals surface area contributed by atoms with Crippen molar-refractivity contribution in [2.45, 2.75) is 18.9 Å². The Kier molecular flexibility index (Phi) is 4.50. The maximum Gasteiger partial charge on any atom is 0.131 e. The Morgan fingerprint density at radius 2 is 1.74 bits per heavy atom. The zero-order valence-electron chi connectivity index (χ0n) is 11.5. The third-order valence-electron chi connectivity index (χ3n) is 3.75. The van der Waals surface area contributed by atoms with Gasteiger partial charge in [-0.2, -0.15) is 0 Å². The van der Waals surface area contributed by atoms with Crippen LogP contribution in [0.3, 0.4) is 0 Å². The molecule has 1 heterocycles. The number of aromatic hydroxyl groups is 1. The molecular formula is C14H22N2O3. The molecule has 1 atom stereocenters. The highest BCUT2D eigenvalue weighted by Crippen LogP contribution is 2.41. The smallest absolute Gasteiger partial charge is 0.131 e. The van der Waals surface area contributed by atoms with Gasteiger partial charge >= 0.3 is 0 Å². The van der Waals surface area contributed by atoms with Gasteiger partial charge in [-0.3, -0.25) is 0 Å². The van der Waals surface area contributed by atoms with E-state index in [-0.39, 0.29) is 11.8 Å². The monoisotopic (exact) mass is 266 g/mol. The average Bonchev–Trinajstić information content (AvgIpc) is 2.46. The molecule has 1 aromatic carbocycles. The molecule has 19 heavy (non-hydrogen) atoms. The molecule has 0 amide bonds. The average molecular weight is 266 g/mol. The Morgan fingerprint density at radius 3 is 2.21 bits per heavy atom. The van der Waals surface area contributed by atoms with Crippen LogP contribution in [0.15, 0.2) is 12.1 Å². The minimum Gasteiger partial charge on any atom is -0.508 e. The van der Waals surface area contributed by atoms with Gasteiger partial charge in [-0.15, -0.1) is 0 Å². The predicted molar refractivity (Wildman–Crippen MR) is 73.7 cm³/mol. The van der Waals surface area contributed by atoms with Crippen molar-refractivity contribution in [2.75, 3.05) is 27.3 Å². The second kappa shape index (κ2) is 6.12. The minimum absolute atomic E-state index is 0.120. The summed E-state index contributed by atoms with van der Waals surface area (Å²) in [5.74, 6) is 1.69. The zero-order chi connectivity index (χ0) is 13.8. The highest BCUT2D eigenvalue weighted by Gasteiger charge is 2.27. The molecule has 0 aromatic heterocycles. The predicted octanol–water partition coefficient (Wildman–Crippen LogP) is 1.41. The van der Waals surface area contributed by atoms with Crippen molar-refractivity contribution in [2.24, 2.45) is 11.7 Å². The van der Waals surface area contributed by atoms with E-state index in [0.29, 0.717) is 17.4 Å². The number of rotatable bonds is 4. The van der Waals surface area contributed by atoms with Gasteiger partial charge in [0.25, 0.3) is 0 Å². The Morgan fingerprint density at radius 1 is 1.21 bits per heavy atom.